The summed E-state index contributed by atoms with van der Waals surface area (Å²) in [6.07, 6.45) is 0.953. The van der Waals surface area contributed by atoms with E-state index in [-0.39, 0.29) is 6.04 Å². The van der Waals surface area contributed by atoms with Crippen LogP contribution >= 0.6 is 0 Å². The lowest BCUT2D eigenvalue weighted by Crippen LogP contribution is -2.43. The fourth-order valence-corrected chi connectivity index (χ4v) is 4.49. The Labute approximate surface area is 213 Å². The third kappa shape index (κ3) is 6.23. The lowest BCUT2D eigenvalue weighted by atomic mass is 9.96. The Balaban J connectivity index is 1.45. The number of amides is 2. The van der Waals surface area contributed by atoms with Crippen LogP contribution < -0.4 is 20.3 Å². The lowest BCUT2D eigenvalue weighted by Gasteiger charge is -2.36. The molecule has 0 radical (unpaired) electrons. The third-order valence-corrected chi connectivity index (χ3v) is 6.48. The zero-order valence-corrected chi connectivity index (χ0v) is 21.2. The van der Waals surface area contributed by atoms with Crippen molar-refractivity contribution in [2.45, 2.75) is 25.9 Å². The molecule has 2 amide bonds. The Kier molecular flexibility index (Phi) is 8.23. The Morgan fingerprint density at radius 2 is 1.64 bits per heavy atom. The maximum atomic E-state index is 12.7. The molecular weight excluding hydrogens is 452 g/mol. The van der Waals surface area contributed by atoms with Crippen LogP contribution in [0.2, 0.25) is 0 Å². The molecule has 0 saturated carbocycles. The number of ether oxygens (including phenoxy) is 1. The number of nitrogens with zero attached hydrogens (tertiary/aromatic N) is 2. The highest BCUT2D eigenvalue weighted by Gasteiger charge is 2.26. The number of nitrogens with one attached hydrogen (secondary N) is 2. The molecule has 7 nitrogen and oxygen atoms in total. The summed E-state index contributed by atoms with van der Waals surface area (Å²) in [7, 11) is 4.02. The van der Waals surface area contributed by atoms with Gasteiger partial charge in [-0.1, -0.05) is 36.4 Å². The Morgan fingerprint density at radius 1 is 0.944 bits per heavy atom. The fourth-order valence-electron chi connectivity index (χ4n) is 4.49. The van der Waals surface area contributed by atoms with Crippen LogP contribution in [0.25, 0.3) is 0 Å². The number of carbonyl (C=O) groups excluding carboxylic acids is 2. The number of rotatable bonds is 8. The van der Waals surface area contributed by atoms with Gasteiger partial charge in [0.2, 0.25) is 0 Å². The molecule has 0 spiro atoms. The first kappa shape index (κ1) is 25.3. The minimum absolute atomic E-state index is 0.0585. The number of anilines is 2. The highest BCUT2D eigenvalue weighted by atomic mass is 16.5. The Morgan fingerprint density at radius 3 is 2.31 bits per heavy atom. The van der Waals surface area contributed by atoms with Crippen molar-refractivity contribution in [2.24, 2.45) is 0 Å². The maximum Gasteiger partial charge on any atom is 0.313 e. The van der Waals surface area contributed by atoms with Gasteiger partial charge in [-0.05, 0) is 66.4 Å². The smallest absolute Gasteiger partial charge is 0.313 e. The van der Waals surface area contributed by atoms with Crippen LogP contribution in [-0.4, -0.2) is 50.5 Å². The van der Waals surface area contributed by atoms with Gasteiger partial charge in [-0.25, -0.2) is 0 Å². The summed E-state index contributed by atoms with van der Waals surface area (Å²) in [5, 5.41) is 5.53. The van der Waals surface area contributed by atoms with Crippen molar-refractivity contribution in [3.8, 4) is 5.75 Å². The molecule has 1 atom stereocenters. The average molecular weight is 487 g/mol. The third-order valence-electron chi connectivity index (χ3n) is 6.48. The van der Waals surface area contributed by atoms with E-state index in [1.165, 1.54) is 11.1 Å². The van der Waals surface area contributed by atoms with Crippen molar-refractivity contribution in [1.29, 1.82) is 0 Å². The first-order chi connectivity index (χ1) is 17.4. The van der Waals surface area contributed by atoms with Gasteiger partial charge in [0.15, 0.2) is 0 Å². The Bertz CT molecular complexity index is 1180. The molecule has 0 aromatic heterocycles. The first-order valence-corrected chi connectivity index (χ1v) is 12.3. The summed E-state index contributed by atoms with van der Waals surface area (Å²) in [5.41, 5.74) is 5.43. The second-order valence-electron chi connectivity index (χ2n) is 9.11. The van der Waals surface area contributed by atoms with Gasteiger partial charge in [-0.15, -0.1) is 0 Å². The van der Waals surface area contributed by atoms with Crippen molar-refractivity contribution < 1.29 is 14.3 Å². The van der Waals surface area contributed by atoms with Gasteiger partial charge in [-0.2, -0.15) is 0 Å². The summed E-state index contributed by atoms with van der Waals surface area (Å²) in [6.45, 7) is 4.48. The first-order valence-electron chi connectivity index (χ1n) is 12.3. The van der Waals surface area contributed by atoms with Gasteiger partial charge in [0.1, 0.15) is 5.75 Å². The minimum Gasteiger partial charge on any atom is -0.494 e. The minimum atomic E-state index is -0.690. The van der Waals surface area contributed by atoms with Gasteiger partial charge in [-0.3, -0.25) is 14.5 Å². The highest BCUT2D eigenvalue weighted by molar-refractivity contribution is 6.39. The molecule has 0 fully saturated rings. The van der Waals surface area contributed by atoms with Crippen LogP contribution in [-0.2, 0) is 22.6 Å². The summed E-state index contributed by atoms with van der Waals surface area (Å²) < 4.78 is 5.42. The average Bonchev–Trinajstić information content (AvgIpc) is 2.90. The lowest BCUT2D eigenvalue weighted by molar-refractivity contribution is -0.136. The van der Waals surface area contributed by atoms with Crippen LogP contribution in [0.5, 0.6) is 5.75 Å². The largest absolute Gasteiger partial charge is 0.494 e. The van der Waals surface area contributed by atoms with Crippen LogP contribution in [0.3, 0.4) is 0 Å². The number of carbonyl (C=O) groups is 2. The van der Waals surface area contributed by atoms with E-state index in [0.717, 1.165) is 30.8 Å². The van der Waals surface area contributed by atoms with Crippen molar-refractivity contribution in [3.63, 3.8) is 0 Å². The number of fused-ring (bicyclic) bond motifs is 1. The molecule has 7 heteroatoms. The van der Waals surface area contributed by atoms with Gasteiger partial charge < -0.3 is 20.3 Å². The zero-order chi connectivity index (χ0) is 25.5. The van der Waals surface area contributed by atoms with Gasteiger partial charge in [0.05, 0.1) is 12.6 Å². The standard InChI is InChI=1S/C29H34N4O3/c1-4-36-26-15-11-24(12-16-26)31-29(35)28(34)30-19-27(22-9-13-25(14-10-22)32(2)3)33-18-17-21-7-5-6-8-23(21)20-33/h5-16,27H,4,17-20H2,1-3H3,(H,30,34)(H,31,35). The monoisotopic (exact) mass is 486 g/mol. The van der Waals surface area contributed by atoms with E-state index in [2.05, 4.69) is 69.0 Å². The van der Waals surface area contributed by atoms with E-state index in [9.17, 15) is 9.59 Å². The summed E-state index contributed by atoms with van der Waals surface area (Å²) >= 11 is 0. The molecule has 0 aliphatic carbocycles. The van der Waals surface area contributed by atoms with Crippen molar-refractivity contribution in [1.82, 2.24) is 10.2 Å². The maximum absolute atomic E-state index is 12.7. The SMILES string of the molecule is CCOc1ccc(NC(=O)C(=O)NCC(c2ccc(N(C)C)cc2)N2CCc3ccccc3C2)cc1. The van der Waals surface area contributed by atoms with Crippen molar-refractivity contribution in [2.75, 3.05) is 44.0 Å². The summed E-state index contributed by atoms with van der Waals surface area (Å²) in [6, 6.07) is 23.8. The predicted molar refractivity (Wildman–Crippen MR) is 143 cm³/mol. The number of benzene rings is 3. The van der Waals surface area contributed by atoms with Crippen LogP contribution in [0.15, 0.2) is 72.8 Å². The zero-order valence-electron chi connectivity index (χ0n) is 21.2. The normalized spacial score (nSPS) is 13.9. The molecule has 1 aliphatic rings. The highest BCUT2D eigenvalue weighted by Crippen LogP contribution is 2.28. The second-order valence-corrected chi connectivity index (χ2v) is 9.11. The van der Waals surface area contributed by atoms with Crippen LogP contribution in [0, 0.1) is 0 Å². The molecule has 1 unspecified atom stereocenters. The molecule has 3 aromatic carbocycles. The topological polar surface area (TPSA) is 73.9 Å². The molecule has 3 aromatic rings. The molecule has 1 aliphatic heterocycles. The molecule has 0 saturated heterocycles. The second kappa shape index (κ2) is 11.7. The van der Waals surface area contributed by atoms with Crippen molar-refractivity contribution in [3.05, 3.63) is 89.5 Å². The van der Waals surface area contributed by atoms with E-state index < -0.39 is 11.8 Å². The van der Waals surface area contributed by atoms with E-state index in [4.69, 9.17) is 4.74 Å². The molecule has 1 heterocycles. The van der Waals surface area contributed by atoms with Crippen molar-refractivity contribution >= 4 is 23.2 Å². The number of hydrogen-bond donors (Lipinski definition) is 2. The molecule has 188 valence electrons. The van der Waals surface area contributed by atoms with Crippen LogP contribution in [0.1, 0.15) is 29.7 Å². The molecule has 0 bridgehead atoms. The fraction of sp³-hybridized carbons (Fsp3) is 0.310. The number of hydrogen-bond acceptors (Lipinski definition) is 5. The van der Waals surface area contributed by atoms with E-state index in [1.807, 2.05) is 21.0 Å². The van der Waals surface area contributed by atoms with Gasteiger partial charge >= 0.3 is 11.8 Å². The van der Waals surface area contributed by atoms with E-state index in [0.29, 0.717) is 24.6 Å². The van der Waals surface area contributed by atoms with Gasteiger partial charge in [0, 0.05) is 45.1 Å². The van der Waals surface area contributed by atoms with E-state index in [1.54, 1.807) is 24.3 Å². The molecule has 36 heavy (non-hydrogen) atoms. The van der Waals surface area contributed by atoms with Crippen LogP contribution in [0.4, 0.5) is 11.4 Å². The van der Waals surface area contributed by atoms with E-state index >= 15 is 0 Å². The summed E-state index contributed by atoms with van der Waals surface area (Å²) in [4.78, 5) is 29.7. The predicted octanol–water partition coefficient (Wildman–Crippen LogP) is 4.01. The Hall–Kier alpha value is -3.84. The quantitative estimate of drug-likeness (QED) is 0.471. The molecular formula is C29H34N4O3. The van der Waals surface area contributed by atoms with Gasteiger partial charge in [0.25, 0.3) is 0 Å². The summed E-state index contributed by atoms with van der Waals surface area (Å²) in [5.74, 6) is -0.632. The molecule has 2 N–H and O–H groups in total. The molecule has 4 rings (SSSR count).